The summed E-state index contributed by atoms with van der Waals surface area (Å²) in [7, 11) is -0.738. The lowest BCUT2D eigenvalue weighted by molar-refractivity contribution is 0.0468. The van der Waals surface area contributed by atoms with Gasteiger partial charge in [0.25, 0.3) is 0 Å². The number of aromatic nitrogens is 1. The Balaban J connectivity index is 1.69. The van der Waals surface area contributed by atoms with E-state index in [2.05, 4.69) is 4.98 Å². The molecule has 0 unspecified atom stereocenters. The molecule has 0 aliphatic carbocycles. The minimum Gasteiger partial charge on any atom is -0.456 e. The third kappa shape index (κ3) is 4.41. The van der Waals surface area contributed by atoms with Gasteiger partial charge in [0.05, 0.1) is 16.2 Å². The van der Waals surface area contributed by atoms with Gasteiger partial charge in [-0.05, 0) is 18.2 Å². The van der Waals surface area contributed by atoms with E-state index in [4.69, 9.17) is 4.74 Å². The van der Waals surface area contributed by atoms with Crippen molar-refractivity contribution >= 4 is 27.3 Å². The van der Waals surface area contributed by atoms with E-state index in [1.54, 1.807) is 0 Å². The van der Waals surface area contributed by atoms with E-state index in [-0.39, 0.29) is 17.1 Å². The highest BCUT2D eigenvalue weighted by atomic mass is 32.2. The molecule has 0 aliphatic rings. The summed E-state index contributed by atoms with van der Waals surface area (Å²) < 4.78 is 30.8. The number of benzene rings is 2. The fourth-order valence-electron chi connectivity index (χ4n) is 2.30. The molecule has 0 saturated carbocycles. The van der Waals surface area contributed by atoms with Crippen molar-refractivity contribution in [3.8, 4) is 10.6 Å². The minimum absolute atomic E-state index is 0.0207. The number of esters is 1. The monoisotopic (exact) mass is 402 g/mol. The van der Waals surface area contributed by atoms with E-state index in [0.717, 1.165) is 14.9 Å². The maximum Gasteiger partial charge on any atom is 0.338 e. The Bertz CT molecular complexity index is 1040. The summed E-state index contributed by atoms with van der Waals surface area (Å²) in [5.41, 5.74) is 1.82. The second-order valence-corrected chi connectivity index (χ2v) is 8.91. The van der Waals surface area contributed by atoms with Crippen LogP contribution in [0.1, 0.15) is 16.1 Å². The zero-order chi connectivity index (χ0) is 19.4. The van der Waals surface area contributed by atoms with Gasteiger partial charge in [-0.2, -0.15) is 0 Å². The van der Waals surface area contributed by atoms with Crippen molar-refractivity contribution in [2.24, 2.45) is 0 Å². The van der Waals surface area contributed by atoms with Gasteiger partial charge in [-0.25, -0.2) is 22.5 Å². The van der Waals surface area contributed by atoms with E-state index >= 15 is 0 Å². The predicted octanol–water partition coefficient (Wildman–Crippen LogP) is 3.42. The first-order valence-corrected chi connectivity index (χ1v) is 10.4. The number of hydrogen-bond donors (Lipinski definition) is 0. The second kappa shape index (κ2) is 7.99. The average molecular weight is 402 g/mol. The van der Waals surface area contributed by atoms with Gasteiger partial charge in [0, 0.05) is 25.0 Å². The molecule has 2 aromatic carbocycles. The molecule has 0 bridgehead atoms. The molecular formula is C19H18N2O4S2. The van der Waals surface area contributed by atoms with Crippen LogP contribution in [0.25, 0.3) is 10.6 Å². The van der Waals surface area contributed by atoms with E-state index < -0.39 is 16.0 Å². The third-order valence-corrected chi connectivity index (χ3v) is 6.52. The maximum atomic E-state index is 12.3. The summed E-state index contributed by atoms with van der Waals surface area (Å²) >= 11 is 1.47. The fourth-order valence-corrected chi connectivity index (χ4v) is 4.06. The van der Waals surface area contributed by atoms with E-state index in [9.17, 15) is 13.2 Å². The van der Waals surface area contributed by atoms with Crippen LogP contribution in [0, 0.1) is 0 Å². The molecule has 3 aromatic rings. The van der Waals surface area contributed by atoms with Crippen molar-refractivity contribution in [1.82, 2.24) is 9.29 Å². The SMILES string of the molecule is CN(C)S(=O)(=O)c1cccc(C(=O)OCc2csc(-c3ccccc3)n2)c1. The zero-order valence-electron chi connectivity index (χ0n) is 14.8. The summed E-state index contributed by atoms with van der Waals surface area (Å²) in [5.74, 6) is -0.597. The molecule has 140 valence electrons. The van der Waals surface area contributed by atoms with Crippen LogP contribution in [0.3, 0.4) is 0 Å². The van der Waals surface area contributed by atoms with E-state index in [1.807, 2.05) is 35.7 Å². The molecule has 0 fully saturated rings. The summed E-state index contributed by atoms with van der Waals surface area (Å²) in [6, 6.07) is 15.5. The highest BCUT2D eigenvalue weighted by Crippen LogP contribution is 2.24. The number of carbonyl (C=O) groups is 1. The third-order valence-electron chi connectivity index (χ3n) is 3.77. The topological polar surface area (TPSA) is 76.6 Å². The maximum absolute atomic E-state index is 12.3. The first-order valence-electron chi connectivity index (χ1n) is 8.07. The van der Waals surface area contributed by atoms with Crippen LogP contribution in [-0.4, -0.2) is 37.8 Å². The number of carbonyl (C=O) groups excluding carboxylic acids is 1. The number of hydrogen-bond acceptors (Lipinski definition) is 6. The Hall–Kier alpha value is -2.55. The van der Waals surface area contributed by atoms with Crippen LogP contribution < -0.4 is 0 Å². The molecule has 27 heavy (non-hydrogen) atoms. The number of nitrogens with zero attached hydrogens (tertiary/aromatic N) is 2. The first-order chi connectivity index (χ1) is 12.9. The van der Waals surface area contributed by atoms with Crippen LogP contribution in [0.4, 0.5) is 0 Å². The van der Waals surface area contributed by atoms with E-state index in [0.29, 0.717) is 5.69 Å². The van der Waals surface area contributed by atoms with Gasteiger partial charge < -0.3 is 4.74 Å². The van der Waals surface area contributed by atoms with Crippen LogP contribution in [-0.2, 0) is 21.4 Å². The lowest BCUT2D eigenvalue weighted by Gasteiger charge is -2.12. The van der Waals surface area contributed by atoms with Crippen molar-refractivity contribution in [2.45, 2.75) is 11.5 Å². The standard InChI is InChI=1S/C19H18N2O4S2/c1-21(2)27(23,24)17-10-6-9-15(11-17)19(22)25-12-16-13-26-18(20-16)14-7-4-3-5-8-14/h3-11,13H,12H2,1-2H3. The molecule has 0 atom stereocenters. The number of rotatable bonds is 6. The highest BCUT2D eigenvalue weighted by Gasteiger charge is 2.19. The minimum atomic E-state index is -3.61. The van der Waals surface area contributed by atoms with E-state index in [1.165, 1.54) is 49.7 Å². The average Bonchev–Trinajstić information content (AvgIpc) is 3.16. The van der Waals surface area contributed by atoms with Crippen molar-refractivity contribution in [3.05, 3.63) is 71.2 Å². The van der Waals surface area contributed by atoms with Crippen LogP contribution in [0.15, 0.2) is 64.9 Å². The van der Waals surface area contributed by atoms with Crippen LogP contribution >= 0.6 is 11.3 Å². The lowest BCUT2D eigenvalue weighted by Crippen LogP contribution is -2.22. The molecule has 0 saturated heterocycles. The summed E-state index contributed by atoms with van der Waals surface area (Å²) in [4.78, 5) is 16.8. The molecule has 6 nitrogen and oxygen atoms in total. The normalized spacial score (nSPS) is 11.5. The highest BCUT2D eigenvalue weighted by molar-refractivity contribution is 7.89. The summed E-state index contributed by atoms with van der Waals surface area (Å²) in [5, 5.41) is 2.68. The largest absolute Gasteiger partial charge is 0.456 e. The van der Waals surface area contributed by atoms with Gasteiger partial charge in [0.15, 0.2) is 0 Å². The van der Waals surface area contributed by atoms with Gasteiger partial charge in [0.2, 0.25) is 10.0 Å². The zero-order valence-corrected chi connectivity index (χ0v) is 16.5. The molecule has 1 heterocycles. The Morgan fingerprint density at radius 1 is 1.11 bits per heavy atom. The molecule has 0 spiro atoms. The van der Waals surface area contributed by atoms with Crippen molar-refractivity contribution < 1.29 is 17.9 Å². The molecule has 0 amide bonds. The van der Waals surface area contributed by atoms with Crippen molar-refractivity contribution in [2.75, 3.05) is 14.1 Å². The van der Waals surface area contributed by atoms with Crippen molar-refractivity contribution in [1.29, 1.82) is 0 Å². The Labute approximate surface area is 162 Å². The van der Waals surface area contributed by atoms with Gasteiger partial charge in [-0.15, -0.1) is 11.3 Å². The number of ether oxygens (including phenoxy) is 1. The first kappa shape index (κ1) is 19.2. The molecule has 0 N–H and O–H groups in total. The molecule has 0 radical (unpaired) electrons. The molecule has 0 aliphatic heterocycles. The lowest BCUT2D eigenvalue weighted by atomic mass is 10.2. The quantitative estimate of drug-likeness (QED) is 0.591. The molecule has 1 aromatic heterocycles. The number of sulfonamides is 1. The second-order valence-electron chi connectivity index (χ2n) is 5.90. The Kier molecular flexibility index (Phi) is 5.69. The van der Waals surface area contributed by atoms with Gasteiger partial charge in [0.1, 0.15) is 11.6 Å². The Morgan fingerprint density at radius 2 is 1.85 bits per heavy atom. The molecule has 8 heteroatoms. The van der Waals surface area contributed by atoms with Gasteiger partial charge >= 0.3 is 5.97 Å². The fraction of sp³-hybridized carbons (Fsp3) is 0.158. The summed E-state index contributed by atoms with van der Waals surface area (Å²) in [6.45, 7) is 0.0207. The predicted molar refractivity (Wildman–Crippen MR) is 104 cm³/mol. The van der Waals surface area contributed by atoms with Crippen LogP contribution in [0.2, 0.25) is 0 Å². The smallest absolute Gasteiger partial charge is 0.338 e. The summed E-state index contributed by atoms with van der Waals surface area (Å²) in [6.07, 6.45) is 0. The molecular weight excluding hydrogens is 384 g/mol. The number of thiazole rings is 1. The van der Waals surface area contributed by atoms with Gasteiger partial charge in [-0.3, -0.25) is 0 Å². The van der Waals surface area contributed by atoms with Crippen molar-refractivity contribution in [3.63, 3.8) is 0 Å². The molecule has 3 rings (SSSR count). The Morgan fingerprint density at radius 3 is 2.56 bits per heavy atom. The van der Waals surface area contributed by atoms with Crippen LogP contribution in [0.5, 0.6) is 0 Å². The van der Waals surface area contributed by atoms with Gasteiger partial charge in [-0.1, -0.05) is 36.4 Å².